The minimum atomic E-state index is 0.423. The molecule has 0 aromatic carbocycles. The molecule has 2 heterocycles. The maximum Gasteiger partial charge on any atom is 0.123 e. The molecule has 0 saturated heterocycles. The second-order valence-electron chi connectivity index (χ2n) is 4.83. The second kappa shape index (κ2) is 9.73. The average molecular weight is 318 g/mol. The number of nitrogen functional groups attached to an aromatic ring is 2. The van der Waals surface area contributed by atoms with E-state index in [9.17, 15) is 0 Å². The summed E-state index contributed by atoms with van der Waals surface area (Å²) >= 11 is 0. The fourth-order valence-corrected chi connectivity index (χ4v) is 1.85. The first-order valence-corrected chi connectivity index (χ1v) is 7.40. The van der Waals surface area contributed by atoms with Gasteiger partial charge in [0.25, 0.3) is 0 Å². The highest BCUT2D eigenvalue weighted by Crippen LogP contribution is 2.02. The van der Waals surface area contributed by atoms with Crippen LogP contribution in [0.4, 0.5) is 11.6 Å². The van der Waals surface area contributed by atoms with Crippen LogP contribution in [0.5, 0.6) is 0 Å². The lowest BCUT2D eigenvalue weighted by Gasteiger charge is -2.07. The first-order valence-electron chi connectivity index (χ1n) is 7.40. The van der Waals surface area contributed by atoms with Gasteiger partial charge in [-0.15, -0.1) is 0 Å². The molecule has 0 spiro atoms. The Balaban J connectivity index is 1.45. The summed E-state index contributed by atoms with van der Waals surface area (Å²) in [5.74, 6) is 0.989. The van der Waals surface area contributed by atoms with E-state index in [2.05, 4.69) is 9.97 Å². The first-order chi connectivity index (χ1) is 11.2. The minimum Gasteiger partial charge on any atom is -0.384 e. The summed E-state index contributed by atoms with van der Waals surface area (Å²) in [6, 6.07) is 10.9. The van der Waals surface area contributed by atoms with Crippen molar-refractivity contribution in [1.29, 1.82) is 0 Å². The third-order valence-corrected chi connectivity index (χ3v) is 2.90. The molecule has 0 saturated carbocycles. The number of nitrogens with two attached hydrogens (primary N) is 2. The van der Waals surface area contributed by atoms with Crippen LogP contribution in [0.2, 0.25) is 0 Å². The quantitative estimate of drug-likeness (QED) is 0.638. The zero-order chi connectivity index (χ0) is 16.3. The lowest BCUT2D eigenvalue weighted by atomic mass is 10.3. The molecule has 0 atom stereocenters. The van der Waals surface area contributed by atoms with Crippen LogP contribution in [-0.4, -0.2) is 36.4 Å². The van der Waals surface area contributed by atoms with Crippen LogP contribution in [0, 0.1) is 0 Å². The number of rotatable bonds is 10. The van der Waals surface area contributed by atoms with Crippen LogP contribution in [-0.2, 0) is 27.4 Å². The summed E-state index contributed by atoms with van der Waals surface area (Å²) in [5, 5.41) is 0. The van der Waals surface area contributed by atoms with Crippen LogP contribution >= 0.6 is 0 Å². The fourth-order valence-electron chi connectivity index (χ4n) is 1.85. The summed E-state index contributed by atoms with van der Waals surface area (Å²) in [7, 11) is 0. The molecule has 0 aliphatic rings. The molecule has 0 aliphatic carbocycles. The Hall–Kier alpha value is -2.22. The Bertz CT molecular complexity index is 544. The topological polar surface area (TPSA) is 106 Å². The molecule has 7 nitrogen and oxygen atoms in total. The third-order valence-electron chi connectivity index (χ3n) is 2.90. The van der Waals surface area contributed by atoms with E-state index in [0.717, 1.165) is 11.4 Å². The van der Waals surface area contributed by atoms with E-state index in [1.54, 1.807) is 12.1 Å². The van der Waals surface area contributed by atoms with Gasteiger partial charge in [-0.2, -0.15) is 0 Å². The second-order valence-corrected chi connectivity index (χ2v) is 4.83. The molecule has 124 valence electrons. The van der Waals surface area contributed by atoms with Crippen molar-refractivity contribution >= 4 is 11.6 Å². The van der Waals surface area contributed by atoms with Gasteiger partial charge in [0.2, 0.25) is 0 Å². The number of nitrogens with zero attached hydrogens (tertiary/aromatic N) is 2. The largest absolute Gasteiger partial charge is 0.384 e. The number of hydrogen-bond acceptors (Lipinski definition) is 7. The molecule has 0 fully saturated rings. The molecule has 2 aromatic heterocycles. The van der Waals surface area contributed by atoms with Crippen LogP contribution in [0.1, 0.15) is 11.4 Å². The van der Waals surface area contributed by atoms with Gasteiger partial charge in [0.1, 0.15) is 11.6 Å². The molecule has 0 unspecified atom stereocenters. The van der Waals surface area contributed by atoms with Crippen LogP contribution < -0.4 is 11.5 Å². The van der Waals surface area contributed by atoms with Gasteiger partial charge in [0.15, 0.2) is 0 Å². The van der Waals surface area contributed by atoms with Gasteiger partial charge in [-0.05, 0) is 24.3 Å². The van der Waals surface area contributed by atoms with E-state index in [0.29, 0.717) is 51.3 Å². The smallest absolute Gasteiger partial charge is 0.123 e. The Kier molecular flexibility index (Phi) is 7.25. The Labute approximate surface area is 135 Å². The first kappa shape index (κ1) is 17.1. The molecule has 23 heavy (non-hydrogen) atoms. The van der Waals surface area contributed by atoms with Crippen LogP contribution in [0.3, 0.4) is 0 Å². The average Bonchev–Trinajstić information content (AvgIpc) is 2.53. The monoisotopic (exact) mass is 318 g/mol. The predicted molar refractivity (Wildman–Crippen MR) is 87.4 cm³/mol. The molecule has 0 aliphatic heterocycles. The van der Waals surface area contributed by atoms with Crippen molar-refractivity contribution < 1.29 is 14.2 Å². The highest BCUT2D eigenvalue weighted by molar-refractivity contribution is 5.29. The Morgan fingerprint density at radius 2 is 1.09 bits per heavy atom. The molecule has 0 radical (unpaired) electrons. The minimum absolute atomic E-state index is 0.423. The summed E-state index contributed by atoms with van der Waals surface area (Å²) in [4.78, 5) is 8.29. The number of pyridine rings is 2. The van der Waals surface area contributed by atoms with Crippen molar-refractivity contribution in [2.45, 2.75) is 13.2 Å². The van der Waals surface area contributed by atoms with Gasteiger partial charge in [-0.25, -0.2) is 9.97 Å². The molecule has 2 rings (SSSR count). The molecule has 0 amide bonds. The van der Waals surface area contributed by atoms with E-state index < -0.39 is 0 Å². The van der Waals surface area contributed by atoms with Gasteiger partial charge in [-0.1, -0.05) is 12.1 Å². The molecule has 0 bridgehead atoms. The summed E-state index contributed by atoms with van der Waals surface area (Å²) in [5.41, 5.74) is 12.8. The highest BCUT2D eigenvalue weighted by Gasteiger charge is 1.97. The normalized spacial score (nSPS) is 10.8. The summed E-state index contributed by atoms with van der Waals surface area (Å²) in [6.45, 7) is 2.84. The molecule has 2 aromatic rings. The van der Waals surface area contributed by atoms with Crippen molar-refractivity contribution in [1.82, 2.24) is 9.97 Å². The highest BCUT2D eigenvalue weighted by atomic mass is 16.5. The van der Waals surface area contributed by atoms with E-state index >= 15 is 0 Å². The van der Waals surface area contributed by atoms with Gasteiger partial charge >= 0.3 is 0 Å². The van der Waals surface area contributed by atoms with Crippen molar-refractivity contribution in [3.63, 3.8) is 0 Å². The predicted octanol–water partition coefficient (Wildman–Crippen LogP) is 1.39. The SMILES string of the molecule is Nc1cccc(COCCOCCOCc2cccc(N)n2)n1. The van der Waals surface area contributed by atoms with Gasteiger partial charge in [0, 0.05) is 0 Å². The number of anilines is 2. The summed E-state index contributed by atoms with van der Waals surface area (Å²) < 4.78 is 16.3. The van der Waals surface area contributed by atoms with Crippen molar-refractivity contribution in [3.05, 3.63) is 47.8 Å². The fraction of sp³-hybridized carbons (Fsp3) is 0.375. The lowest BCUT2D eigenvalue weighted by molar-refractivity contribution is 0.00606. The maximum absolute atomic E-state index is 5.59. The summed E-state index contributed by atoms with van der Waals surface area (Å²) in [6.07, 6.45) is 0. The molecule has 4 N–H and O–H groups in total. The number of hydrogen-bond donors (Lipinski definition) is 2. The standard InChI is InChI=1S/C16H22N4O3/c17-15-5-1-3-13(19-15)11-22-9-7-21-8-10-23-12-14-4-2-6-16(18)20-14/h1-6H,7-12H2,(H2,17,19)(H2,18,20). The third kappa shape index (κ3) is 7.05. The number of aromatic nitrogens is 2. The zero-order valence-corrected chi connectivity index (χ0v) is 13.0. The Morgan fingerprint density at radius 1 is 0.652 bits per heavy atom. The number of ether oxygens (including phenoxy) is 3. The van der Waals surface area contributed by atoms with Crippen molar-refractivity contribution in [2.24, 2.45) is 0 Å². The molecular formula is C16H22N4O3. The van der Waals surface area contributed by atoms with E-state index in [4.69, 9.17) is 25.7 Å². The van der Waals surface area contributed by atoms with Crippen LogP contribution in [0.15, 0.2) is 36.4 Å². The maximum atomic E-state index is 5.59. The van der Waals surface area contributed by atoms with Crippen molar-refractivity contribution in [2.75, 3.05) is 37.9 Å². The van der Waals surface area contributed by atoms with Crippen LogP contribution in [0.25, 0.3) is 0 Å². The van der Waals surface area contributed by atoms with Gasteiger partial charge < -0.3 is 25.7 Å². The molecule has 7 heteroatoms. The van der Waals surface area contributed by atoms with E-state index in [1.807, 2.05) is 24.3 Å². The van der Waals surface area contributed by atoms with E-state index in [-0.39, 0.29) is 0 Å². The lowest BCUT2D eigenvalue weighted by Crippen LogP contribution is -2.10. The van der Waals surface area contributed by atoms with Gasteiger partial charge in [0.05, 0.1) is 51.0 Å². The van der Waals surface area contributed by atoms with Gasteiger partial charge in [-0.3, -0.25) is 0 Å². The van der Waals surface area contributed by atoms with E-state index in [1.165, 1.54) is 0 Å². The Morgan fingerprint density at radius 3 is 1.52 bits per heavy atom. The molecular weight excluding hydrogens is 296 g/mol. The van der Waals surface area contributed by atoms with Crippen molar-refractivity contribution in [3.8, 4) is 0 Å². The zero-order valence-electron chi connectivity index (χ0n) is 13.0.